The molecule has 70 valence electrons. The highest BCUT2D eigenvalue weighted by Gasteiger charge is 2.24. The van der Waals surface area contributed by atoms with Crippen LogP contribution in [0.25, 0.3) is 0 Å². The Bertz CT molecular complexity index is 308. The van der Waals surface area contributed by atoms with Crippen LogP contribution in [0.15, 0.2) is 22.7 Å². The van der Waals surface area contributed by atoms with Crippen LogP contribution in [-0.2, 0) is 11.2 Å². The predicted octanol–water partition coefficient (Wildman–Crippen LogP) is 2.40. The van der Waals surface area contributed by atoms with E-state index in [1.807, 2.05) is 12.1 Å². The van der Waals surface area contributed by atoms with Gasteiger partial charge in [0.15, 0.2) is 0 Å². The number of halogens is 1. The largest absolute Gasteiger partial charge is 0.495 e. The molecule has 1 unspecified atom stereocenters. The van der Waals surface area contributed by atoms with Crippen LogP contribution in [0.1, 0.15) is 5.56 Å². The zero-order valence-electron chi connectivity index (χ0n) is 7.42. The fraction of sp³-hybridized carbons (Fsp3) is 0.400. The Kier molecular flexibility index (Phi) is 2.56. The Morgan fingerprint density at radius 1 is 1.62 bits per heavy atom. The van der Waals surface area contributed by atoms with Crippen LogP contribution >= 0.6 is 15.9 Å². The molecule has 0 aromatic heterocycles. The zero-order chi connectivity index (χ0) is 9.26. The molecule has 1 aromatic rings. The minimum absolute atomic E-state index is 0.406. The van der Waals surface area contributed by atoms with Crippen LogP contribution in [0.4, 0.5) is 0 Å². The smallest absolute Gasteiger partial charge is 0.136 e. The third-order valence-electron chi connectivity index (χ3n) is 2.10. The van der Waals surface area contributed by atoms with Gasteiger partial charge < -0.3 is 9.47 Å². The van der Waals surface area contributed by atoms with Crippen LogP contribution in [0.3, 0.4) is 0 Å². The van der Waals surface area contributed by atoms with Gasteiger partial charge >= 0.3 is 0 Å². The van der Waals surface area contributed by atoms with Crippen molar-refractivity contribution in [3.63, 3.8) is 0 Å². The maximum atomic E-state index is 5.30. The van der Waals surface area contributed by atoms with E-state index in [-0.39, 0.29) is 0 Å². The van der Waals surface area contributed by atoms with Gasteiger partial charge in [-0.3, -0.25) is 0 Å². The highest BCUT2D eigenvalue weighted by Crippen LogP contribution is 2.31. The number of ether oxygens (including phenoxy) is 2. The maximum Gasteiger partial charge on any atom is 0.136 e. The summed E-state index contributed by atoms with van der Waals surface area (Å²) in [6.45, 7) is 0.885. The van der Waals surface area contributed by atoms with Gasteiger partial charge in [-0.05, 0) is 27.6 Å². The number of hydrogen-bond donors (Lipinski definition) is 0. The lowest BCUT2D eigenvalue weighted by atomic mass is 10.1. The summed E-state index contributed by atoms with van der Waals surface area (Å²) in [5, 5.41) is 0. The molecule has 0 amide bonds. The summed E-state index contributed by atoms with van der Waals surface area (Å²) in [5.41, 5.74) is 1.21. The van der Waals surface area contributed by atoms with Crippen molar-refractivity contribution in [2.24, 2.45) is 0 Å². The van der Waals surface area contributed by atoms with E-state index in [0.29, 0.717) is 6.10 Å². The number of epoxide rings is 1. The van der Waals surface area contributed by atoms with Crippen LogP contribution in [0, 0.1) is 0 Å². The number of para-hydroxylation sites is 1. The molecule has 13 heavy (non-hydrogen) atoms. The number of methoxy groups -OCH3 is 1. The van der Waals surface area contributed by atoms with Crippen LogP contribution < -0.4 is 4.74 Å². The second-order valence-electron chi connectivity index (χ2n) is 3.09. The maximum absolute atomic E-state index is 5.30. The van der Waals surface area contributed by atoms with Crippen molar-refractivity contribution in [3.8, 4) is 5.75 Å². The first-order chi connectivity index (χ1) is 6.31. The summed E-state index contributed by atoms with van der Waals surface area (Å²) in [4.78, 5) is 0. The van der Waals surface area contributed by atoms with Gasteiger partial charge in [0.2, 0.25) is 0 Å². The molecule has 1 aliphatic rings. The number of rotatable bonds is 3. The van der Waals surface area contributed by atoms with Gasteiger partial charge in [0, 0.05) is 6.42 Å². The van der Waals surface area contributed by atoms with Crippen molar-refractivity contribution in [2.45, 2.75) is 12.5 Å². The molecular weight excluding hydrogens is 232 g/mol. The summed E-state index contributed by atoms with van der Waals surface area (Å²) in [6, 6.07) is 6.08. The molecular formula is C10H11BrO2. The van der Waals surface area contributed by atoms with Crippen molar-refractivity contribution < 1.29 is 9.47 Å². The fourth-order valence-electron chi connectivity index (χ4n) is 1.37. The molecule has 1 aliphatic heterocycles. The first-order valence-electron chi connectivity index (χ1n) is 4.24. The van der Waals surface area contributed by atoms with Gasteiger partial charge in [-0.1, -0.05) is 12.1 Å². The van der Waals surface area contributed by atoms with Gasteiger partial charge in [-0.2, -0.15) is 0 Å². The summed E-state index contributed by atoms with van der Waals surface area (Å²) in [7, 11) is 1.69. The van der Waals surface area contributed by atoms with Crippen LogP contribution in [0.5, 0.6) is 5.75 Å². The standard InChI is InChI=1S/C10H11BrO2/c1-12-10-7(5-8-6-13-8)3-2-4-9(10)11/h2-4,8H,5-6H2,1H3. The van der Waals surface area contributed by atoms with Crippen molar-refractivity contribution in [2.75, 3.05) is 13.7 Å². The molecule has 1 atom stereocenters. The Morgan fingerprint density at radius 3 is 3.00 bits per heavy atom. The molecule has 0 bridgehead atoms. The average Bonchev–Trinajstić information content (AvgIpc) is 2.89. The minimum Gasteiger partial charge on any atom is -0.495 e. The van der Waals surface area contributed by atoms with E-state index in [1.165, 1.54) is 5.56 Å². The van der Waals surface area contributed by atoms with E-state index >= 15 is 0 Å². The summed E-state index contributed by atoms with van der Waals surface area (Å²) < 4.78 is 11.5. The summed E-state index contributed by atoms with van der Waals surface area (Å²) in [6.07, 6.45) is 1.35. The molecule has 0 radical (unpaired) electrons. The molecule has 3 heteroatoms. The molecule has 0 aliphatic carbocycles. The normalized spacial score (nSPS) is 20.0. The number of hydrogen-bond acceptors (Lipinski definition) is 2. The first-order valence-corrected chi connectivity index (χ1v) is 5.03. The molecule has 2 rings (SSSR count). The molecule has 1 saturated heterocycles. The lowest BCUT2D eigenvalue weighted by Gasteiger charge is -2.08. The summed E-state index contributed by atoms with van der Waals surface area (Å²) in [5.74, 6) is 0.929. The topological polar surface area (TPSA) is 21.8 Å². The fourth-order valence-corrected chi connectivity index (χ4v) is 1.94. The van der Waals surface area contributed by atoms with Gasteiger partial charge in [0.05, 0.1) is 24.3 Å². The Hall–Kier alpha value is -0.540. The highest BCUT2D eigenvalue weighted by molar-refractivity contribution is 9.10. The third kappa shape index (κ3) is 2.03. The van der Waals surface area contributed by atoms with Crippen LogP contribution in [-0.4, -0.2) is 19.8 Å². The molecule has 1 aromatic carbocycles. The Balaban J connectivity index is 2.25. The SMILES string of the molecule is COc1c(Br)cccc1CC1CO1. The van der Waals surface area contributed by atoms with Gasteiger partial charge in [-0.25, -0.2) is 0 Å². The van der Waals surface area contributed by atoms with Crippen molar-refractivity contribution in [1.29, 1.82) is 0 Å². The Morgan fingerprint density at radius 2 is 2.38 bits per heavy atom. The quantitative estimate of drug-likeness (QED) is 0.760. The monoisotopic (exact) mass is 242 g/mol. The van der Waals surface area contributed by atoms with Crippen molar-refractivity contribution in [1.82, 2.24) is 0 Å². The van der Waals surface area contributed by atoms with Crippen molar-refractivity contribution >= 4 is 15.9 Å². The molecule has 1 heterocycles. The van der Waals surface area contributed by atoms with E-state index < -0.39 is 0 Å². The van der Waals surface area contributed by atoms with Gasteiger partial charge in [0.1, 0.15) is 5.75 Å². The number of benzene rings is 1. The van der Waals surface area contributed by atoms with Crippen LogP contribution in [0.2, 0.25) is 0 Å². The van der Waals surface area contributed by atoms with E-state index in [4.69, 9.17) is 9.47 Å². The zero-order valence-corrected chi connectivity index (χ0v) is 9.00. The van der Waals surface area contributed by atoms with Gasteiger partial charge in [0.25, 0.3) is 0 Å². The van der Waals surface area contributed by atoms with E-state index in [2.05, 4.69) is 22.0 Å². The summed E-state index contributed by atoms with van der Waals surface area (Å²) >= 11 is 3.45. The minimum atomic E-state index is 0.406. The lowest BCUT2D eigenvalue weighted by Crippen LogP contribution is -1.97. The molecule has 0 spiro atoms. The Labute approximate surface area is 86.0 Å². The lowest BCUT2D eigenvalue weighted by molar-refractivity contribution is 0.389. The first kappa shape index (κ1) is 9.03. The molecule has 0 saturated carbocycles. The highest BCUT2D eigenvalue weighted by atomic mass is 79.9. The van der Waals surface area contributed by atoms with E-state index in [0.717, 1.165) is 23.2 Å². The molecule has 0 N–H and O–H groups in total. The third-order valence-corrected chi connectivity index (χ3v) is 2.73. The second kappa shape index (κ2) is 3.68. The van der Waals surface area contributed by atoms with E-state index in [9.17, 15) is 0 Å². The van der Waals surface area contributed by atoms with Gasteiger partial charge in [-0.15, -0.1) is 0 Å². The second-order valence-corrected chi connectivity index (χ2v) is 3.95. The predicted molar refractivity (Wildman–Crippen MR) is 54.1 cm³/mol. The average molecular weight is 243 g/mol. The van der Waals surface area contributed by atoms with Crippen molar-refractivity contribution in [3.05, 3.63) is 28.2 Å². The molecule has 2 nitrogen and oxygen atoms in total. The molecule has 1 fully saturated rings. The van der Waals surface area contributed by atoms with E-state index in [1.54, 1.807) is 7.11 Å².